The number of amides is 1. The quantitative estimate of drug-likeness (QED) is 0.168. The van der Waals surface area contributed by atoms with Gasteiger partial charge in [0.1, 0.15) is 6.61 Å². The summed E-state index contributed by atoms with van der Waals surface area (Å²) >= 11 is 0. The summed E-state index contributed by atoms with van der Waals surface area (Å²) in [5.41, 5.74) is 1.45. The number of hydrogen-bond acceptors (Lipinski definition) is 13. The van der Waals surface area contributed by atoms with Crippen molar-refractivity contribution in [2.24, 2.45) is 28.6 Å². The van der Waals surface area contributed by atoms with Gasteiger partial charge in [-0.15, -0.1) is 15.9 Å². The fourth-order valence-corrected chi connectivity index (χ4v) is 10.3. The second-order valence-electron chi connectivity index (χ2n) is 15.7. The summed E-state index contributed by atoms with van der Waals surface area (Å²) in [6.07, 6.45) is 8.31. The van der Waals surface area contributed by atoms with Gasteiger partial charge in [-0.3, -0.25) is 19.9 Å². The van der Waals surface area contributed by atoms with Gasteiger partial charge in [-0.05, 0) is 72.4 Å². The molecule has 1 amide bonds. The van der Waals surface area contributed by atoms with Gasteiger partial charge in [0.2, 0.25) is 5.82 Å². The molecule has 4 aromatic rings. The van der Waals surface area contributed by atoms with E-state index in [4.69, 9.17) is 9.47 Å². The Labute approximate surface area is 379 Å². The Hall–Kier alpha value is -3.29. The first-order valence-electron chi connectivity index (χ1n) is 19.0. The van der Waals surface area contributed by atoms with E-state index >= 15 is 0 Å². The molecule has 5 aliphatic rings. The molecule has 0 spiro atoms. The molecular weight excluding hydrogens is 764 g/mol. The van der Waals surface area contributed by atoms with Crippen LogP contribution in [-0.4, -0.2) is 94.5 Å². The minimum absolute atomic E-state index is 0. The van der Waals surface area contributed by atoms with E-state index < -0.39 is 36.1 Å². The number of rotatable bonds is 8. The summed E-state index contributed by atoms with van der Waals surface area (Å²) in [7, 11) is 0. The van der Waals surface area contributed by atoms with E-state index in [9.17, 15) is 24.6 Å². The number of benzene rings is 2. The Morgan fingerprint density at radius 1 is 1.05 bits per heavy atom. The largest absolute Gasteiger partial charge is 1.00 e. The molecule has 0 bridgehead atoms. The van der Waals surface area contributed by atoms with Crippen LogP contribution in [0.1, 0.15) is 69.7 Å². The number of Topliss-reactive ketones (excluding diaryl/α,β-unsaturated/α-hetero) is 1. The summed E-state index contributed by atoms with van der Waals surface area (Å²) in [5.74, 6) is 0.568. The summed E-state index contributed by atoms with van der Waals surface area (Å²) in [6.45, 7) is 5.67. The van der Waals surface area contributed by atoms with E-state index in [0.717, 1.165) is 36.0 Å². The molecule has 58 heavy (non-hydrogen) atoms. The third kappa shape index (κ3) is 7.65. The van der Waals surface area contributed by atoms with Crippen LogP contribution in [-0.2, 0) is 19.1 Å². The molecule has 1 aliphatic heterocycles. The fraction of sp³-hybridized carbons (Fsp3) is 0.475. The number of H-pyrrole nitrogens is 1. The van der Waals surface area contributed by atoms with Crippen LogP contribution < -0.4 is 64.2 Å². The average Bonchev–Trinajstić information content (AvgIpc) is 4.02. The molecule has 0 radical (unpaired) electrons. The third-order valence-corrected chi connectivity index (χ3v) is 12.8. The van der Waals surface area contributed by atoms with Crippen molar-refractivity contribution in [1.82, 2.24) is 41.2 Å². The van der Waals surface area contributed by atoms with Crippen LogP contribution in [0.3, 0.4) is 0 Å². The Morgan fingerprint density at radius 2 is 1.79 bits per heavy atom. The van der Waals surface area contributed by atoms with Crippen molar-refractivity contribution in [2.45, 2.75) is 83.4 Å². The van der Waals surface area contributed by atoms with E-state index in [1.54, 1.807) is 60.7 Å². The number of aromatic amines is 1. The standard InChI is InChI=1S/C25H34O6.C15H10N9O.2Na/c1-4-5-21-30-20-11-17-16-7-6-14-10-15(27)8-9-23(14,2)22(16)18(28)12-24(17,3)25(20,31-21)19(29)13-26;25-15(11-3-1-9(2-4-11)13-17-21-22-18-13)16-12-7-5-10(6-8-12)14-19-23-24-20-14;;/h8-10,16-18,20-22,26,28H,4-7,11-13H2,1-3H3;1-8H,(H2-,16,17,18,19,20,21,22,23,24,25);;/q;-1;2*+1/p-1/t16-,17-,18-,20+,21?,22+,23-,24-,25+;;;/m0.../s1. The first-order chi connectivity index (χ1) is 27.0. The van der Waals surface area contributed by atoms with Gasteiger partial charge in [-0.25, -0.2) is 0 Å². The van der Waals surface area contributed by atoms with Crippen molar-refractivity contribution in [3.63, 3.8) is 0 Å². The molecule has 18 heteroatoms. The minimum Gasteiger partial charge on any atom is -0.623 e. The Kier molecular flexibility index (Phi) is 13.5. The molecule has 292 valence electrons. The van der Waals surface area contributed by atoms with Gasteiger partial charge in [0.05, 0.1) is 18.1 Å². The van der Waals surface area contributed by atoms with Crippen LogP contribution in [0, 0.1) is 28.6 Å². The van der Waals surface area contributed by atoms with Crippen molar-refractivity contribution in [3.8, 4) is 22.8 Å². The fourth-order valence-electron chi connectivity index (χ4n) is 10.3. The predicted molar refractivity (Wildman–Crippen MR) is 198 cm³/mol. The van der Waals surface area contributed by atoms with Gasteiger partial charge in [0.25, 0.3) is 0 Å². The number of aliphatic hydroxyl groups is 2. The van der Waals surface area contributed by atoms with E-state index in [1.807, 2.05) is 6.08 Å². The van der Waals surface area contributed by atoms with Gasteiger partial charge in [-0.1, -0.05) is 87.4 Å². The normalized spacial score (nSPS) is 31.5. The zero-order valence-corrected chi connectivity index (χ0v) is 37.3. The van der Waals surface area contributed by atoms with Crippen molar-refractivity contribution >= 4 is 23.2 Å². The predicted octanol–water partition coefficient (Wildman–Crippen LogP) is -1.75. The van der Waals surface area contributed by atoms with Gasteiger partial charge in [-0.2, -0.15) is 10.4 Å². The van der Waals surface area contributed by atoms with Crippen molar-refractivity contribution in [3.05, 3.63) is 83.2 Å². The Morgan fingerprint density at radius 3 is 2.45 bits per heavy atom. The molecule has 4 aliphatic carbocycles. The van der Waals surface area contributed by atoms with Crippen LogP contribution in [0.5, 0.6) is 0 Å². The second kappa shape index (κ2) is 17.7. The van der Waals surface area contributed by atoms with E-state index in [0.29, 0.717) is 42.2 Å². The molecule has 9 atom stereocenters. The summed E-state index contributed by atoms with van der Waals surface area (Å²) in [6, 6.07) is 13.7. The number of allylic oxidation sites excluding steroid dienone is 4. The molecule has 1 unspecified atom stereocenters. The van der Waals surface area contributed by atoms with Crippen LogP contribution in [0.4, 0.5) is 5.69 Å². The van der Waals surface area contributed by atoms with Crippen molar-refractivity contribution in [1.29, 1.82) is 0 Å². The van der Waals surface area contributed by atoms with Crippen molar-refractivity contribution < 1.29 is 93.2 Å². The molecule has 3 saturated carbocycles. The monoisotopic (exact) mass is 807 g/mol. The molecule has 2 aromatic carbocycles. The summed E-state index contributed by atoms with van der Waals surface area (Å²) < 4.78 is 12.7. The number of nitrogens with one attached hydrogen (secondary N) is 1. The number of ether oxygens (including phenoxy) is 2. The third-order valence-electron chi connectivity index (χ3n) is 12.8. The molecule has 4 fully saturated rings. The molecule has 9 rings (SSSR count). The van der Waals surface area contributed by atoms with Gasteiger partial charge >= 0.3 is 59.1 Å². The van der Waals surface area contributed by atoms with Gasteiger partial charge in [0, 0.05) is 28.1 Å². The molecule has 1 saturated heterocycles. The molecular formula is C40H43N9Na2O7. The average molecular weight is 808 g/mol. The number of ketones is 2. The Balaban J connectivity index is 0.000000193. The van der Waals surface area contributed by atoms with E-state index in [-0.39, 0.29) is 99.8 Å². The molecule has 16 nitrogen and oxygen atoms in total. The zero-order valence-electron chi connectivity index (χ0n) is 33.3. The number of aromatic nitrogens is 8. The maximum atomic E-state index is 13.2. The summed E-state index contributed by atoms with van der Waals surface area (Å²) in [5, 5.41) is 53.5. The van der Waals surface area contributed by atoms with Crippen LogP contribution >= 0.6 is 0 Å². The van der Waals surface area contributed by atoms with Crippen LogP contribution in [0.15, 0.2) is 72.3 Å². The van der Waals surface area contributed by atoms with Gasteiger partial charge < -0.3 is 34.9 Å². The van der Waals surface area contributed by atoms with Gasteiger partial charge in [0.15, 0.2) is 23.5 Å². The number of carbonyl (C=O) groups excluding carboxylic acids is 3. The SMILES string of the molecule is CCCC1O[C@@H]2C[C@H]3[C@@H]4CCC5=CC(=O)C=C[C@]5(C)[C@H]4[C@@H](O)C[C@]3(C)[C@]2(C(=O)CO)O1.O=C([N-]c1ccc(-c2nn[nH]n2)cc1)c1ccc(-c2nnn[n-]2)cc1.[Na+].[Na+]. The smallest absolute Gasteiger partial charge is 0.623 e. The number of carbonyl (C=O) groups is 3. The topological polar surface area (TPSA) is 231 Å². The maximum absolute atomic E-state index is 13.2. The number of tetrazole rings is 2. The summed E-state index contributed by atoms with van der Waals surface area (Å²) in [4.78, 5) is 37.5. The molecule has 3 N–H and O–H groups in total. The minimum atomic E-state index is -1.20. The zero-order chi connectivity index (χ0) is 39.2. The Bertz CT molecular complexity index is 2150. The number of nitrogens with zero attached hydrogens (tertiary/aromatic N) is 8. The second-order valence-corrected chi connectivity index (χ2v) is 15.7. The van der Waals surface area contributed by atoms with E-state index in [2.05, 4.69) is 67.3 Å². The molecule has 2 aromatic heterocycles. The first kappa shape index (κ1) is 44.3. The number of aliphatic hydroxyl groups excluding tert-OH is 2. The van der Waals surface area contributed by atoms with Crippen LogP contribution in [0.25, 0.3) is 28.1 Å². The first-order valence-corrected chi connectivity index (χ1v) is 19.0. The van der Waals surface area contributed by atoms with Crippen molar-refractivity contribution in [2.75, 3.05) is 6.61 Å². The maximum Gasteiger partial charge on any atom is 1.00 e. The number of fused-ring (bicyclic) bond motifs is 7. The van der Waals surface area contributed by atoms with E-state index in [1.165, 1.54) is 0 Å². The molecule has 3 heterocycles. The van der Waals surface area contributed by atoms with Crippen LogP contribution in [0.2, 0.25) is 0 Å². The number of hydrogen-bond donors (Lipinski definition) is 3.